The molecule has 0 bridgehead atoms. The highest BCUT2D eigenvalue weighted by Crippen LogP contribution is 2.25. The van der Waals surface area contributed by atoms with Gasteiger partial charge in [0.25, 0.3) is 0 Å². The van der Waals surface area contributed by atoms with E-state index in [0.717, 1.165) is 6.42 Å². The van der Waals surface area contributed by atoms with Crippen LogP contribution in [0.3, 0.4) is 0 Å². The van der Waals surface area contributed by atoms with Crippen LogP contribution in [0.25, 0.3) is 11.5 Å². The predicted octanol–water partition coefficient (Wildman–Crippen LogP) is 4.68. The van der Waals surface area contributed by atoms with Crippen molar-refractivity contribution < 1.29 is 13.2 Å². The van der Waals surface area contributed by atoms with Crippen molar-refractivity contribution in [3.63, 3.8) is 0 Å². The van der Waals surface area contributed by atoms with Gasteiger partial charge in [-0.3, -0.25) is 0 Å². The summed E-state index contributed by atoms with van der Waals surface area (Å²) >= 11 is 0. The summed E-state index contributed by atoms with van der Waals surface area (Å²) < 4.78 is 32.6. The molecule has 0 aliphatic rings. The van der Waals surface area contributed by atoms with Crippen LogP contribution < -0.4 is 5.32 Å². The van der Waals surface area contributed by atoms with E-state index < -0.39 is 11.6 Å². The molecule has 3 nitrogen and oxygen atoms in total. The van der Waals surface area contributed by atoms with Gasteiger partial charge in [0.15, 0.2) is 0 Å². The van der Waals surface area contributed by atoms with Crippen molar-refractivity contribution in [3.05, 3.63) is 41.8 Å². The molecule has 0 radical (unpaired) electrons. The van der Waals surface area contributed by atoms with Crippen molar-refractivity contribution in [2.75, 3.05) is 0 Å². The van der Waals surface area contributed by atoms with Crippen molar-refractivity contribution in [3.8, 4) is 11.5 Å². The van der Waals surface area contributed by atoms with Crippen LogP contribution in [0, 0.1) is 11.6 Å². The van der Waals surface area contributed by atoms with E-state index in [1.807, 2.05) is 0 Å². The number of nitrogens with one attached hydrogen (secondary N) is 1. The summed E-state index contributed by atoms with van der Waals surface area (Å²) in [7, 11) is 0. The highest BCUT2D eigenvalue weighted by atomic mass is 19.1. The molecule has 0 saturated carbocycles. The maximum Gasteiger partial charge on any atom is 0.232 e. The topological polar surface area (TPSA) is 38.1 Å². The van der Waals surface area contributed by atoms with Crippen LogP contribution >= 0.6 is 0 Å². The number of aromatic nitrogens is 1. The van der Waals surface area contributed by atoms with Gasteiger partial charge in [-0.15, -0.1) is 0 Å². The number of hydrogen-bond acceptors (Lipinski definition) is 3. The highest BCUT2D eigenvalue weighted by Gasteiger charge is 2.16. The zero-order valence-electron chi connectivity index (χ0n) is 13.0. The molecule has 0 aliphatic carbocycles. The summed E-state index contributed by atoms with van der Waals surface area (Å²) in [6.45, 7) is 4.82. The van der Waals surface area contributed by atoms with E-state index in [4.69, 9.17) is 4.42 Å². The molecule has 2 aromatic rings. The fourth-order valence-corrected chi connectivity index (χ4v) is 2.29. The van der Waals surface area contributed by atoms with Gasteiger partial charge in [-0.05, 0) is 25.5 Å². The van der Waals surface area contributed by atoms with Crippen LogP contribution in [-0.2, 0) is 6.54 Å². The minimum atomic E-state index is -0.672. The highest BCUT2D eigenvalue weighted by molar-refractivity contribution is 5.55. The normalized spacial score (nSPS) is 12.5. The summed E-state index contributed by atoms with van der Waals surface area (Å²) in [5.41, 5.74) is 0.421. The second-order valence-corrected chi connectivity index (χ2v) is 5.52. The smallest absolute Gasteiger partial charge is 0.232 e. The Morgan fingerprint density at radius 1 is 1.23 bits per heavy atom. The summed E-state index contributed by atoms with van der Waals surface area (Å²) in [5.74, 6) is -1.37. The molecular formula is C17H22F2N2O. The van der Waals surface area contributed by atoms with Crippen LogP contribution in [0.2, 0.25) is 0 Å². The predicted molar refractivity (Wildman–Crippen MR) is 82.3 cm³/mol. The van der Waals surface area contributed by atoms with Crippen molar-refractivity contribution in [1.29, 1.82) is 0 Å². The summed E-state index contributed by atoms with van der Waals surface area (Å²) in [6, 6.07) is 4.07. The van der Waals surface area contributed by atoms with E-state index in [-0.39, 0.29) is 11.5 Å². The SMILES string of the molecule is CCCCCC(C)NCc1coc(-c2c(F)cccc2F)n1. The van der Waals surface area contributed by atoms with Crippen molar-refractivity contribution in [2.45, 2.75) is 52.1 Å². The molecule has 0 saturated heterocycles. The third kappa shape index (κ3) is 4.37. The second-order valence-electron chi connectivity index (χ2n) is 5.52. The molecule has 0 amide bonds. The monoisotopic (exact) mass is 308 g/mol. The number of benzene rings is 1. The Kier molecular flexibility index (Phi) is 6.07. The van der Waals surface area contributed by atoms with Crippen molar-refractivity contribution >= 4 is 0 Å². The van der Waals surface area contributed by atoms with Gasteiger partial charge in [0.1, 0.15) is 23.5 Å². The Hall–Kier alpha value is -1.75. The van der Waals surface area contributed by atoms with Gasteiger partial charge >= 0.3 is 0 Å². The molecule has 5 heteroatoms. The molecule has 22 heavy (non-hydrogen) atoms. The number of unbranched alkanes of at least 4 members (excludes halogenated alkanes) is 2. The molecule has 0 fully saturated rings. The lowest BCUT2D eigenvalue weighted by atomic mass is 10.1. The molecule has 0 aliphatic heterocycles. The Balaban J connectivity index is 1.94. The summed E-state index contributed by atoms with van der Waals surface area (Å²) in [6.07, 6.45) is 6.16. The van der Waals surface area contributed by atoms with Gasteiger partial charge in [0, 0.05) is 12.6 Å². The van der Waals surface area contributed by atoms with Crippen molar-refractivity contribution in [2.24, 2.45) is 0 Å². The van der Waals surface area contributed by atoms with Gasteiger partial charge in [0.05, 0.1) is 5.69 Å². The molecular weight excluding hydrogens is 286 g/mol. The summed E-state index contributed by atoms with van der Waals surface area (Å²) in [5, 5.41) is 3.34. The molecule has 1 heterocycles. The standard InChI is InChI=1S/C17H22F2N2O/c1-3-4-5-7-12(2)20-10-13-11-22-17(21-13)16-14(18)8-6-9-15(16)19/h6,8-9,11-12,20H,3-5,7,10H2,1-2H3. The Bertz CT molecular complexity index is 578. The first-order chi connectivity index (χ1) is 10.6. The lowest BCUT2D eigenvalue weighted by Gasteiger charge is -2.11. The lowest BCUT2D eigenvalue weighted by Crippen LogP contribution is -2.25. The third-order valence-electron chi connectivity index (χ3n) is 3.60. The van der Waals surface area contributed by atoms with Gasteiger partial charge < -0.3 is 9.73 Å². The maximum atomic E-state index is 13.7. The maximum absolute atomic E-state index is 13.7. The van der Waals surface area contributed by atoms with Crippen LogP contribution in [-0.4, -0.2) is 11.0 Å². The van der Waals surface area contributed by atoms with E-state index >= 15 is 0 Å². The second kappa shape index (κ2) is 8.03. The van der Waals surface area contributed by atoms with E-state index in [1.54, 1.807) is 0 Å². The largest absolute Gasteiger partial charge is 0.444 e. The molecule has 1 unspecified atom stereocenters. The van der Waals surface area contributed by atoms with Crippen LogP contribution in [0.1, 0.15) is 45.2 Å². The molecule has 1 aromatic heterocycles. The molecule has 1 aromatic carbocycles. The number of rotatable bonds is 8. The van der Waals surface area contributed by atoms with E-state index in [1.165, 1.54) is 43.7 Å². The first-order valence-electron chi connectivity index (χ1n) is 7.74. The van der Waals surface area contributed by atoms with Crippen LogP contribution in [0.15, 0.2) is 28.9 Å². The minimum absolute atomic E-state index is 0.0222. The van der Waals surface area contributed by atoms with Crippen LogP contribution in [0.5, 0.6) is 0 Å². The molecule has 1 N–H and O–H groups in total. The fourth-order valence-electron chi connectivity index (χ4n) is 2.29. The number of halogens is 2. The van der Waals surface area contributed by atoms with Gasteiger partial charge in [-0.25, -0.2) is 13.8 Å². The Morgan fingerprint density at radius 2 is 1.95 bits per heavy atom. The first-order valence-corrected chi connectivity index (χ1v) is 7.74. The van der Waals surface area contributed by atoms with Gasteiger partial charge in [-0.2, -0.15) is 0 Å². The zero-order valence-corrected chi connectivity index (χ0v) is 13.0. The van der Waals surface area contributed by atoms with E-state index in [0.29, 0.717) is 18.3 Å². The Morgan fingerprint density at radius 3 is 2.64 bits per heavy atom. The molecule has 120 valence electrons. The average molecular weight is 308 g/mol. The quantitative estimate of drug-likeness (QED) is 0.720. The first kappa shape index (κ1) is 16.6. The third-order valence-corrected chi connectivity index (χ3v) is 3.60. The minimum Gasteiger partial charge on any atom is -0.444 e. The summed E-state index contributed by atoms with van der Waals surface area (Å²) in [4.78, 5) is 4.16. The molecule has 0 spiro atoms. The lowest BCUT2D eigenvalue weighted by molar-refractivity contribution is 0.483. The van der Waals surface area contributed by atoms with Crippen molar-refractivity contribution in [1.82, 2.24) is 10.3 Å². The van der Waals surface area contributed by atoms with Crippen LogP contribution in [0.4, 0.5) is 8.78 Å². The molecule has 2 rings (SSSR count). The Labute approximate surface area is 129 Å². The number of nitrogens with zero attached hydrogens (tertiary/aromatic N) is 1. The number of oxazole rings is 1. The fraction of sp³-hybridized carbons (Fsp3) is 0.471. The average Bonchev–Trinajstić information content (AvgIpc) is 2.94. The molecule has 1 atom stereocenters. The zero-order chi connectivity index (χ0) is 15.9. The van der Waals surface area contributed by atoms with E-state index in [2.05, 4.69) is 24.1 Å². The number of hydrogen-bond donors (Lipinski definition) is 1. The van der Waals surface area contributed by atoms with E-state index in [9.17, 15) is 8.78 Å². The van der Waals surface area contributed by atoms with Gasteiger partial charge in [0.2, 0.25) is 5.89 Å². The van der Waals surface area contributed by atoms with Gasteiger partial charge in [-0.1, -0.05) is 32.3 Å².